The van der Waals surface area contributed by atoms with E-state index in [2.05, 4.69) is 20.5 Å². The van der Waals surface area contributed by atoms with Crippen LogP contribution in [0, 0.1) is 0 Å². The fourth-order valence-corrected chi connectivity index (χ4v) is 2.98. The molecule has 0 radical (unpaired) electrons. The number of carbonyl (C=O) groups excluding carboxylic acids is 1. The molecule has 1 aliphatic rings. The number of amides is 1. The van der Waals surface area contributed by atoms with Crippen molar-refractivity contribution in [3.8, 4) is 5.75 Å². The lowest BCUT2D eigenvalue weighted by atomic mass is 10.3. The number of furan rings is 1. The van der Waals surface area contributed by atoms with Crippen molar-refractivity contribution in [1.82, 2.24) is 20.1 Å². The molecule has 3 heterocycles. The maximum absolute atomic E-state index is 12.4. The lowest BCUT2D eigenvalue weighted by molar-refractivity contribution is 0.0714. The quantitative estimate of drug-likeness (QED) is 0.719. The number of nitrogens with one attached hydrogen (secondary N) is 1. The van der Waals surface area contributed by atoms with Crippen molar-refractivity contribution in [2.75, 3.05) is 43.5 Å². The molecule has 1 amide bonds. The first-order valence-electron chi connectivity index (χ1n) is 8.91. The third kappa shape index (κ3) is 3.88. The van der Waals surface area contributed by atoms with E-state index in [1.165, 1.54) is 6.26 Å². The molecule has 1 saturated heterocycles. The van der Waals surface area contributed by atoms with Crippen molar-refractivity contribution >= 4 is 23.4 Å². The van der Waals surface area contributed by atoms with E-state index < -0.39 is 0 Å². The van der Waals surface area contributed by atoms with Crippen molar-refractivity contribution in [2.24, 2.45) is 0 Å². The van der Waals surface area contributed by atoms with Gasteiger partial charge in [0, 0.05) is 31.9 Å². The first kappa shape index (κ1) is 17.8. The molecule has 0 spiro atoms. The van der Waals surface area contributed by atoms with Crippen molar-refractivity contribution < 1.29 is 13.9 Å². The highest BCUT2D eigenvalue weighted by atomic mass is 16.5. The van der Waals surface area contributed by atoms with E-state index in [1.54, 1.807) is 30.3 Å². The number of aromatic nitrogens is 3. The average Bonchev–Trinajstić information content (AvgIpc) is 3.29. The number of piperazine rings is 1. The second kappa shape index (κ2) is 7.95. The van der Waals surface area contributed by atoms with Crippen LogP contribution in [0.1, 0.15) is 10.6 Å². The minimum absolute atomic E-state index is 0.0985. The van der Waals surface area contributed by atoms with Gasteiger partial charge >= 0.3 is 0 Å². The number of nitrogens with zero attached hydrogens (tertiary/aromatic N) is 5. The predicted octanol–water partition coefficient (Wildman–Crippen LogP) is 2.18. The smallest absolute Gasteiger partial charge is 0.289 e. The standard InChI is InChI=1S/C19H20N6O3/c1-27-15-6-4-14(5-7-15)21-17-13-20-23-19(22-17)25-10-8-24(9-11-25)18(26)16-3-2-12-28-16/h2-7,12-13H,8-11H2,1H3,(H,21,22,23). The number of hydrogen-bond acceptors (Lipinski definition) is 8. The van der Waals surface area contributed by atoms with Crippen molar-refractivity contribution in [1.29, 1.82) is 0 Å². The lowest BCUT2D eigenvalue weighted by Gasteiger charge is -2.34. The van der Waals surface area contributed by atoms with Crippen LogP contribution in [0.3, 0.4) is 0 Å². The molecule has 9 nitrogen and oxygen atoms in total. The van der Waals surface area contributed by atoms with Gasteiger partial charge in [-0.3, -0.25) is 4.79 Å². The van der Waals surface area contributed by atoms with Gasteiger partial charge in [0.2, 0.25) is 5.95 Å². The van der Waals surface area contributed by atoms with E-state index in [4.69, 9.17) is 9.15 Å². The molecular weight excluding hydrogens is 360 g/mol. The lowest BCUT2D eigenvalue weighted by Crippen LogP contribution is -2.49. The zero-order valence-corrected chi connectivity index (χ0v) is 15.4. The second-order valence-corrected chi connectivity index (χ2v) is 6.25. The molecule has 0 unspecified atom stereocenters. The Kier molecular flexibility index (Phi) is 5.05. The van der Waals surface area contributed by atoms with Gasteiger partial charge in [-0.2, -0.15) is 10.1 Å². The van der Waals surface area contributed by atoms with E-state index in [1.807, 2.05) is 29.2 Å². The fraction of sp³-hybridized carbons (Fsp3) is 0.263. The second-order valence-electron chi connectivity index (χ2n) is 6.25. The molecular formula is C19H20N6O3. The Balaban J connectivity index is 1.38. The Labute approximate surface area is 161 Å². The predicted molar refractivity (Wildman–Crippen MR) is 103 cm³/mol. The van der Waals surface area contributed by atoms with Gasteiger partial charge in [0.15, 0.2) is 11.6 Å². The van der Waals surface area contributed by atoms with E-state index in [0.29, 0.717) is 43.7 Å². The van der Waals surface area contributed by atoms with Crippen LogP contribution in [-0.2, 0) is 0 Å². The third-order valence-corrected chi connectivity index (χ3v) is 4.49. The first-order chi connectivity index (χ1) is 13.7. The number of carbonyl (C=O) groups is 1. The Morgan fingerprint density at radius 3 is 2.61 bits per heavy atom. The number of hydrogen-bond donors (Lipinski definition) is 1. The minimum atomic E-state index is -0.0985. The molecule has 0 aliphatic carbocycles. The van der Waals surface area contributed by atoms with Crippen LogP contribution in [-0.4, -0.2) is 59.3 Å². The van der Waals surface area contributed by atoms with Crippen LogP contribution in [0.5, 0.6) is 5.75 Å². The Hall–Kier alpha value is -3.62. The van der Waals surface area contributed by atoms with E-state index in [-0.39, 0.29) is 5.91 Å². The topological polar surface area (TPSA) is 96.6 Å². The Morgan fingerprint density at radius 1 is 1.14 bits per heavy atom. The molecule has 0 atom stereocenters. The zero-order chi connectivity index (χ0) is 19.3. The van der Waals surface area contributed by atoms with Crippen molar-refractivity contribution in [3.05, 3.63) is 54.6 Å². The summed E-state index contributed by atoms with van der Waals surface area (Å²) >= 11 is 0. The first-order valence-corrected chi connectivity index (χ1v) is 8.91. The monoisotopic (exact) mass is 380 g/mol. The van der Waals surface area contributed by atoms with E-state index in [9.17, 15) is 4.79 Å². The molecule has 1 N–H and O–H groups in total. The summed E-state index contributed by atoms with van der Waals surface area (Å²) in [6, 6.07) is 10.9. The number of benzene rings is 1. The molecule has 1 aromatic carbocycles. The van der Waals surface area contributed by atoms with Crippen LogP contribution < -0.4 is 15.0 Å². The van der Waals surface area contributed by atoms with Gasteiger partial charge < -0.3 is 24.3 Å². The van der Waals surface area contributed by atoms with Gasteiger partial charge in [-0.05, 0) is 36.4 Å². The van der Waals surface area contributed by atoms with Gasteiger partial charge in [0.1, 0.15) is 5.75 Å². The maximum Gasteiger partial charge on any atom is 0.289 e. The number of methoxy groups -OCH3 is 1. The molecule has 28 heavy (non-hydrogen) atoms. The SMILES string of the molecule is COc1ccc(Nc2cnnc(N3CCN(C(=O)c4ccco4)CC3)n2)cc1. The molecule has 1 aliphatic heterocycles. The Morgan fingerprint density at radius 2 is 1.93 bits per heavy atom. The molecule has 1 fully saturated rings. The van der Waals surface area contributed by atoms with Gasteiger partial charge in [-0.15, -0.1) is 5.10 Å². The summed E-state index contributed by atoms with van der Waals surface area (Å²) in [6.07, 6.45) is 3.08. The highest BCUT2D eigenvalue weighted by Crippen LogP contribution is 2.20. The van der Waals surface area contributed by atoms with Crippen LogP contribution in [0.2, 0.25) is 0 Å². The number of anilines is 3. The highest BCUT2D eigenvalue weighted by Gasteiger charge is 2.25. The fourth-order valence-electron chi connectivity index (χ4n) is 2.98. The van der Waals surface area contributed by atoms with E-state index in [0.717, 1.165) is 11.4 Å². The number of ether oxygens (including phenoxy) is 1. The molecule has 144 valence electrons. The third-order valence-electron chi connectivity index (χ3n) is 4.49. The van der Waals surface area contributed by atoms with Crippen LogP contribution >= 0.6 is 0 Å². The van der Waals surface area contributed by atoms with E-state index >= 15 is 0 Å². The summed E-state index contributed by atoms with van der Waals surface area (Å²) in [7, 11) is 1.63. The summed E-state index contributed by atoms with van der Waals surface area (Å²) in [6.45, 7) is 2.39. The molecule has 0 bridgehead atoms. The summed E-state index contributed by atoms with van der Waals surface area (Å²) in [4.78, 5) is 20.7. The van der Waals surface area contributed by atoms with Crippen molar-refractivity contribution in [3.63, 3.8) is 0 Å². The Bertz CT molecular complexity index is 921. The number of rotatable bonds is 5. The largest absolute Gasteiger partial charge is 0.497 e. The average molecular weight is 380 g/mol. The molecule has 2 aromatic heterocycles. The minimum Gasteiger partial charge on any atom is -0.497 e. The van der Waals surface area contributed by atoms with Crippen LogP contribution in [0.4, 0.5) is 17.5 Å². The highest BCUT2D eigenvalue weighted by molar-refractivity contribution is 5.91. The maximum atomic E-state index is 12.4. The van der Waals surface area contributed by atoms with Gasteiger partial charge in [0.05, 0.1) is 19.6 Å². The summed E-state index contributed by atoms with van der Waals surface area (Å²) in [5, 5.41) is 11.4. The van der Waals surface area contributed by atoms with Crippen LogP contribution in [0.25, 0.3) is 0 Å². The molecule has 3 aromatic rings. The van der Waals surface area contributed by atoms with Crippen LogP contribution in [0.15, 0.2) is 53.3 Å². The summed E-state index contributed by atoms with van der Waals surface area (Å²) in [5.74, 6) is 2.18. The summed E-state index contributed by atoms with van der Waals surface area (Å²) < 4.78 is 10.4. The van der Waals surface area contributed by atoms with Gasteiger partial charge in [-0.25, -0.2) is 0 Å². The summed E-state index contributed by atoms with van der Waals surface area (Å²) in [5.41, 5.74) is 0.876. The molecule has 4 rings (SSSR count). The van der Waals surface area contributed by atoms with Gasteiger partial charge in [0.25, 0.3) is 5.91 Å². The molecule has 9 heteroatoms. The van der Waals surface area contributed by atoms with Gasteiger partial charge in [-0.1, -0.05) is 0 Å². The molecule has 0 saturated carbocycles. The zero-order valence-electron chi connectivity index (χ0n) is 15.4. The van der Waals surface area contributed by atoms with Crippen molar-refractivity contribution in [2.45, 2.75) is 0 Å². The normalized spacial score (nSPS) is 14.0.